The fourth-order valence-electron chi connectivity index (χ4n) is 2.97. The number of nitrogens with one attached hydrogen (secondary N) is 2. The van der Waals surface area contributed by atoms with Gasteiger partial charge < -0.3 is 20.1 Å². The van der Waals surface area contributed by atoms with Gasteiger partial charge in [-0.25, -0.2) is 0 Å². The molecule has 1 fully saturated rings. The summed E-state index contributed by atoms with van der Waals surface area (Å²) in [7, 11) is 3.20. The molecule has 0 radical (unpaired) electrons. The second kappa shape index (κ2) is 8.12. The third kappa shape index (κ3) is 4.22. The Morgan fingerprint density at radius 1 is 0.889 bits per heavy atom. The lowest BCUT2D eigenvalue weighted by Gasteiger charge is -2.16. The lowest BCUT2D eigenvalue weighted by molar-refractivity contribution is -0.137. The fourth-order valence-corrected chi connectivity index (χ4v) is 2.97. The minimum Gasteiger partial charge on any atom is -0.497 e. The maximum atomic E-state index is 12.6. The third-order valence-electron chi connectivity index (χ3n) is 4.86. The quantitative estimate of drug-likeness (QED) is 0.702. The molecular formula is C21H24N2O4. The van der Waals surface area contributed by atoms with E-state index in [-0.39, 0.29) is 11.8 Å². The molecule has 3 rings (SSSR count). The van der Waals surface area contributed by atoms with E-state index in [4.69, 9.17) is 9.47 Å². The summed E-state index contributed by atoms with van der Waals surface area (Å²) in [6, 6.07) is 15.0. The largest absolute Gasteiger partial charge is 0.497 e. The molecule has 1 aliphatic carbocycles. The van der Waals surface area contributed by atoms with Crippen molar-refractivity contribution in [3.8, 4) is 11.5 Å². The highest BCUT2D eigenvalue weighted by Gasteiger charge is 2.56. The number of methoxy groups -OCH3 is 2. The van der Waals surface area contributed by atoms with Crippen LogP contribution in [-0.2, 0) is 22.7 Å². The molecular weight excluding hydrogens is 344 g/mol. The number of carbonyl (C=O) groups is 2. The van der Waals surface area contributed by atoms with Crippen LogP contribution in [-0.4, -0.2) is 26.0 Å². The van der Waals surface area contributed by atoms with Crippen LogP contribution in [0.5, 0.6) is 11.5 Å². The van der Waals surface area contributed by atoms with Gasteiger partial charge in [-0.3, -0.25) is 9.59 Å². The number of amides is 2. The SMILES string of the molecule is COc1ccc(CNC(=O)C2(C(=O)NCc3ccccc3OC)CC2)cc1. The Morgan fingerprint density at radius 2 is 1.52 bits per heavy atom. The standard InChI is InChI=1S/C21H24N2O4/c1-26-17-9-7-15(8-10-17)13-22-19(24)21(11-12-21)20(25)23-14-16-5-3-4-6-18(16)27-2/h3-10H,11-14H2,1-2H3,(H,22,24)(H,23,25). The van der Waals surface area contributed by atoms with Crippen molar-refractivity contribution in [2.75, 3.05) is 14.2 Å². The summed E-state index contributed by atoms with van der Waals surface area (Å²) in [5.74, 6) is 1.02. The van der Waals surface area contributed by atoms with E-state index in [1.165, 1.54) is 0 Å². The van der Waals surface area contributed by atoms with Gasteiger partial charge in [0.2, 0.25) is 11.8 Å². The lowest BCUT2D eigenvalue weighted by atomic mass is 10.0. The first kappa shape index (κ1) is 18.8. The molecule has 0 aromatic heterocycles. The number of benzene rings is 2. The number of hydrogen-bond donors (Lipinski definition) is 2. The predicted octanol–water partition coefficient (Wildman–Crippen LogP) is 2.42. The summed E-state index contributed by atoms with van der Waals surface area (Å²) in [5, 5.41) is 5.75. The first-order valence-corrected chi connectivity index (χ1v) is 8.90. The van der Waals surface area contributed by atoms with Gasteiger partial charge in [0.25, 0.3) is 0 Å². The molecule has 142 valence electrons. The molecule has 27 heavy (non-hydrogen) atoms. The summed E-state index contributed by atoms with van der Waals surface area (Å²) in [6.45, 7) is 0.709. The Kier molecular flexibility index (Phi) is 5.64. The topological polar surface area (TPSA) is 76.7 Å². The lowest BCUT2D eigenvalue weighted by Crippen LogP contribution is -2.42. The smallest absolute Gasteiger partial charge is 0.235 e. The summed E-state index contributed by atoms with van der Waals surface area (Å²) < 4.78 is 10.4. The molecule has 0 unspecified atom stereocenters. The molecule has 2 N–H and O–H groups in total. The van der Waals surface area contributed by atoms with Crippen molar-refractivity contribution < 1.29 is 19.1 Å². The van der Waals surface area contributed by atoms with Gasteiger partial charge in [0.15, 0.2) is 0 Å². The molecule has 0 bridgehead atoms. The van der Waals surface area contributed by atoms with Gasteiger partial charge in [-0.2, -0.15) is 0 Å². The van der Waals surface area contributed by atoms with E-state index in [1.54, 1.807) is 14.2 Å². The van der Waals surface area contributed by atoms with E-state index in [1.807, 2.05) is 48.5 Å². The first-order valence-electron chi connectivity index (χ1n) is 8.90. The Morgan fingerprint density at radius 3 is 2.11 bits per heavy atom. The maximum Gasteiger partial charge on any atom is 0.235 e. The zero-order valence-corrected chi connectivity index (χ0v) is 15.6. The number of ether oxygens (including phenoxy) is 2. The minimum absolute atomic E-state index is 0.226. The summed E-state index contributed by atoms with van der Waals surface area (Å²) in [4.78, 5) is 25.2. The van der Waals surface area contributed by atoms with Gasteiger partial charge in [-0.1, -0.05) is 30.3 Å². The molecule has 2 amide bonds. The van der Waals surface area contributed by atoms with Crippen LogP contribution < -0.4 is 20.1 Å². The molecule has 6 nitrogen and oxygen atoms in total. The van der Waals surface area contributed by atoms with Crippen LogP contribution in [0.15, 0.2) is 48.5 Å². The van der Waals surface area contributed by atoms with Gasteiger partial charge in [0.05, 0.1) is 14.2 Å². The van der Waals surface area contributed by atoms with Crippen LogP contribution in [0, 0.1) is 5.41 Å². The van der Waals surface area contributed by atoms with Crippen molar-refractivity contribution in [3.63, 3.8) is 0 Å². The Hall–Kier alpha value is -3.02. The maximum absolute atomic E-state index is 12.6. The average Bonchev–Trinajstić information content (AvgIpc) is 3.53. The van der Waals surface area contributed by atoms with E-state index >= 15 is 0 Å². The van der Waals surface area contributed by atoms with Crippen molar-refractivity contribution in [1.29, 1.82) is 0 Å². The molecule has 1 saturated carbocycles. The number of rotatable bonds is 8. The van der Waals surface area contributed by atoms with Crippen LogP contribution >= 0.6 is 0 Å². The number of hydrogen-bond acceptors (Lipinski definition) is 4. The van der Waals surface area contributed by atoms with Crippen LogP contribution in [0.3, 0.4) is 0 Å². The van der Waals surface area contributed by atoms with Gasteiger partial charge in [-0.15, -0.1) is 0 Å². The summed E-state index contributed by atoms with van der Waals surface area (Å²) in [6.07, 6.45) is 1.14. The Labute approximate surface area is 158 Å². The highest BCUT2D eigenvalue weighted by molar-refractivity contribution is 6.07. The van der Waals surface area contributed by atoms with E-state index in [0.29, 0.717) is 31.7 Å². The molecule has 0 spiro atoms. The second-order valence-corrected chi connectivity index (χ2v) is 6.61. The normalized spacial score (nSPS) is 14.1. The molecule has 1 aliphatic rings. The van der Waals surface area contributed by atoms with Crippen LogP contribution in [0.1, 0.15) is 24.0 Å². The van der Waals surface area contributed by atoms with E-state index < -0.39 is 5.41 Å². The van der Waals surface area contributed by atoms with Crippen LogP contribution in [0.4, 0.5) is 0 Å². The molecule has 2 aromatic rings. The predicted molar refractivity (Wildman–Crippen MR) is 101 cm³/mol. The number of para-hydroxylation sites is 1. The zero-order valence-electron chi connectivity index (χ0n) is 15.6. The minimum atomic E-state index is -0.950. The first-order chi connectivity index (χ1) is 13.1. The molecule has 0 atom stereocenters. The molecule has 0 aliphatic heterocycles. The van der Waals surface area contributed by atoms with E-state index in [2.05, 4.69) is 10.6 Å². The number of carbonyl (C=O) groups excluding carboxylic acids is 2. The van der Waals surface area contributed by atoms with Gasteiger partial charge in [0, 0.05) is 18.7 Å². The van der Waals surface area contributed by atoms with Crippen molar-refractivity contribution in [2.24, 2.45) is 5.41 Å². The van der Waals surface area contributed by atoms with Gasteiger partial charge >= 0.3 is 0 Å². The van der Waals surface area contributed by atoms with Crippen LogP contribution in [0.25, 0.3) is 0 Å². The van der Waals surface area contributed by atoms with Crippen molar-refractivity contribution >= 4 is 11.8 Å². The monoisotopic (exact) mass is 368 g/mol. The van der Waals surface area contributed by atoms with Gasteiger partial charge in [-0.05, 0) is 36.6 Å². The highest BCUT2D eigenvalue weighted by Crippen LogP contribution is 2.46. The highest BCUT2D eigenvalue weighted by atomic mass is 16.5. The Bertz CT molecular complexity index is 813. The Balaban J connectivity index is 1.55. The van der Waals surface area contributed by atoms with Crippen molar-refractivity contribution in [3.05, 3.63) is 59.7 Å². The summed E-state index contributed by atoms with van der Waals surface area (Å²) in [5.41, 5.74) is 0.881. The molecule has 6 heteroatoms. The van der Waals surface area contributed by atoms with Crippen molar-refractivity contribution in [2.45, 2.75) is 25.9 Å². The third-order valence-corrected chi connectivity index (χ3v) is 4.86. The zero-order chi connectivity index (χ0) is 19.3. The fraction of sp³-hybridized carbons (Fsp3) is 0.333. The average molecular weight is 368 g/mol. The molecule has 2 aromatic carbocycles. The summed E-state index contributed by atoms with van der Waals surface area (Å²) >= 11 is 0. The van der Waals surface area contributed by atoms with Crippen molar-refractivity contribution in [1.82, 2.24) is 10.6 Å². The molecule has 0 saturated heterocycles. The van der Waals surface area contributed by atoms with E-state index in [0.717, 1.165) is 16.9 Å². The second-order valence-electron chi connectivity index (χ2n) is 6.61. The van der Waals surface area contributed by atoms with E-state index in [9.17, 15) is 9.59 Å². The van der Waals surface area contributed by atoms with Gasteiger partial charge in [0.1, 0.15) is 16.9 Å². The molecule has 0 heterocycles. The van der Waals surface area contributed by atoms with Crippen LogP contribution in [0.2, 0.25) is 0 Å².